The minimum absolute atomic E-state index is 0.139. The predicted molar refractivity (Wildman–Crippen MR) is 112 cm³/mol. The topological polar surface area (TPSA) is 35.6 Å². The minimum atomic E-state index is 0.139. The van der Waals surface area contributed by atoms with Gasteiger partial charge in [0.15, 0.2) is 0 Å². The van der Waals surface area contributed by atoms with Crippen LogP contribution in [0.15, 0.2) is 54.6 Å². The van der Waals surface area contributed by atoms with Crippen LogP contribution in [0.4, 0.5) is 5.69 Å². The third-order valence-corrected chi connectivity index (χ3v) is 5.31. The first-order chi connectivity index (χ1) is 13.1. The third kappa shape index (κ3) is 5.83. The largest absolute Gasteiger partial charge is 0.369 e. The monoisotopic (exact) mass is 365 g/mol. The molecule has 1 heterocycles. The Kier molecular flexibility index (Phi) is 6.88. The van der Waals surface area contributed by atoms with E-state index in [1.807, 2.05) is 6.07 Å². The second kappa shape index (κ2) is 9.56. The number of nitrogens with one attached hydrogen (secondary N) is 1. The number of benzene rings is 2. The van der Waals surface area contributed by atoms with Gasteiger partial charge in [-0.3, -0.25) is 9.69 Å². The molecule has 0 bridgehead atoms. The zero-order valence-electron chi connectivity index (χ0n) is 16.5. The van der Waals surface area contributed by atoms with E-state index in [9.17, 15) is 4.79 Å². The third-order valence-electron chi connectivity index (χ3n) is 5.31. The zero-order valence-corrected chi connectivity index (χ0v) is 16.5. The number of piperazine rings is 1. The molecule has 0 aliphatic carbocycles. The smallest absolute Gasteiger partial charge is 0.234 e. The molecule has 2 aromatic rings. The molecule has 27 heavy (non-hydrogen) atoms. The lowest BCUT2D eigenvalue weighted by molar-refractivity contribution is -0.122. The van der Waals surface area contributed by atoms with Gasteiger partial charge >= 0.3 is 0 Å². The molecule has 4 nitrogen and oxygen atoms in total. The molecule has 1 amide bonds. The van der Waals surface area contributed by atoms with E-state index in [4.69, 9.17) is 0 Å². The second-order valence-corrected chi connectivity index (χ2v) is 7.54. The Morgan fingerprint density at radius 3 is 2.37 bits per heavy atom. The van der Waals surface area contributed by atoms with Crippen molar-refractivity contribution in [2.45, 2.75) is 32.7 Å². The highest BCUT2D eigenvalue weighted by atomic mass is 16.2. The summed E-state index contributed by atoms with van der Waals surface area (Å²) >= 11 is 0. The van der Waals surface area contributed by atoms with Gasteiger partial charge in [0.1, 0.15) is 0 Å². The molecule has 0 saturated carbocycles. The number of anilines is 1. The predicted octanol–water partition coefficient (Wildman–Crippen LogP) is 3.25. The molecule has 144 valence electrons. The molecule has 4 heteroatoms. The lowest BCUT2D eigenvalue weighted by atomic mass is 10.1. The van der Waals surface area contributed by atoms with Crippen LogP contribution in [0.1, 0.15) is 24.5 Å². The van der Waals surface area contributed by atoms with Crippen molar-refractivity contribution in [1.82, 2.24) is 10.2 Å². The molecule has 0 unspecified atom stereocenters. The van der Waals surface area contributed by atoms with Crippen LogP contribution in [-0.2, 0) is 11.2 Å². The van der Waals surface area contributed by atoms with Crippen LogP contribution < -0.4 is 10.2 Å². The number of carbonyl (C=O) groups is 1. The van der Waals surface area contributed by atoms with E-state index in [0.717, 1.165) is 39.0 Å². The highest BCUT2D eigenvalue weighted by Crippen LogP contribution is 2.20. The van der Waals surface area contributed by atoms with Crippen LogP contribution in [0.3, 0.4) is 0 Å². The van der Waals surface area contributed by atoms with E-state index < -0.39 is 0 Å². The van der Waals surface area contributed by atoms with E-state index in [2.05, 4.69) is 77.5 Å². The van der Waals surface area contributed by atoms with Crippen LogP contribution in [0.2, 0.25) is 0 Å². The summed E-state index contributed by atoms with van der Waals surface area (Å²) in [5, 5.41) is 3.16. The fraction of sp³-hybridized carbons (Fsp3) is 0.435. The molecule has 0 aromatic heterocycles. The second-order valence-electron chi connectivity index (χ2n) is 7.54. The van der Waals surface area contributed by atoms with Crippen LogP contribution in [0.5, 0.6) is 0 Å². The maximum absolute atomic E-state index is 12.4. The molecule has 2 aromatic carbocycles. The molecule has 0 spiro atoms. The van der Waals surface area contributed by atoms with Crippen molar-refractivity contribution in [3.8, 4) is 0 Å². The minimum Gasteiger partial charge on any atom is -0.369 e. The summed E-state index contributed by atoms with van der Waals surface area (Å²) in [6, 6.07) is 19.2. The zero-order chi connectivity index (χ0) is 19.1. The lowest BCUT2D eigenvalue weighted by Gasteiger charge is -2.36. The van der Waals surface area contributed by atoms with Gasteiger partial charge in [-0.2, -0.15) is 0 Å². The van der Waals surface area contributed by atoms with Crippen LogP contribution >= 0.6 is 0 Å². The molecule has 1 saturated heterocycles. The normalized spacial score (nSPS) is 16.1. The fourth-order valence-electron chi connectivity index (χ4n) is 3.69. The Balaban J connectivity index is 1.38. The molecular formula is C23H31N3O. The Hall–Kier alpha value is -2.33. The fourth-order valence-corrected chi connectivity index (χ4v) is 3.69. The van der Waals surface area contributed by atoms with Crippen molar-refractivity contribution < 1.29 is 4.79 Å². The standard InChI is InChI=1S/C23H31N3O/c1-19-8-6-7-11-22(19)26-16-14-25(15-17-26)18-23(27)24-20(2)12-13-21-9-4-3-5-10-21/h3-11,20H,12-18H2,1-2H3,(H,24,27)/t20-/m0/s1. The summed E-state index contributed by atoms with van der Waals surface area (Å²) in [6.07, 6.45) is 1.97. The van der Waals surface area contributed by atoms with E-state index in [-0.39, 0.29) is 11.9 Å². The Bertz CT molecular complexity index is 723. The number of nitrogens with zero attached hydrogens (tertiary/aromatic N) is 2. The summed E-state index contributed by atoms with van der Waals surface area (Å²) in [4.78, 5) is 17.1. The Morgan fingerprint density at radius 1 is 1.00 bits per heavy atom. The summed E-state index contributed by atoms with van der Waals surface area (Å²) < 4.78 is 0. The van der Waals surface area contributed by atoms with Gasteiger partial charge in [-0.25, -0.2) is 0 Å². The highest BCUT2D eigenvalue weighted by Gasteiger charge is 2.20. The quantitative estimate of drug-likeness (QED) is 0.818. The first kappa shape index (κ1) is 19.4. The van der Waals surface area contributed by atoms with Gasteiger partial charge in [-0.1, -0.05) is 48.5 Å². The van der Waals surface area contributed by atoms with Crippen molar-refractivity contribution in [3.05, 3.63) is 65.7 Å². The summed E-state index contributed by atoms with van der Waals surface area (Å²) in [5.41, 5.74) is 3.96. The average Bonchev–Trinajstić information content (AvgIpc) is 2.68. The van der Waals surface area contributed by atoms with Gasteiger partial charge in [0.25, 0.3) is 0 Å². The molecule has 1 aliphatic heterocycles. The SMILES string of the molecule is Cc1ccccc1N1CCN(CC(=O)N[C@@H](C)CCc2ccccc2)CC1. The van der Waals surface area contributed by atoms with Gasteiger partial charge in [-0.15, -0.1) is 0 Å². The number of amides is 1. The van der Waals surface area contributed by atoms with Crippen molar-refractivity contribution in [2.24, 2.45) is 0 Å². The van der Waals surface area contributed by atoms with Crippen LogP contribution in [0.25, 0.3) is 0 Å². The summed E-state index contributed by atoms with van der Waals surface area (Å²) in [5.74, 6) is 0.139. The van der Waals surface area contributed by atoms with Crippen molar-refractivity contribution in [1.29, 1.82) is 0 Å². The molecule has 3 rings (SSSR count). The number of para-hydroxylation sites is 1. The molecule has 1 aliphatic rings. The molecule has 0 radical (unpaired) electrons. The van der Waals surface area contributed by atoms with Gasteiger partial charge in [0, 0.05) is 37.9 Å². The Labute approximate surface area is 163 Å². The van der Waals surface area contributed by atoms with Crippen LogP contribution in [0, 0.1) is 6.92 Å². The maximum Gasteiger partial charge on any atom is 0.234 e. The van der Waals surface area contributed by atoms with Gasteiger partial charge < -0.3 is 10.2 Å². The van der Waals surface area contributed by atoms with Crippen molar-refractivity contribution >= 4 is 11.6 Å². The maximum atomic E-state index is 12.4. The van der Waals surface area contributed by atoms with E-state index in [1.54, 1.807) is 0 Å². The Morgan fingerprint density at radius 2 is 1.67 bits per heavy atom. The summed E-state index contributed by atoms with van der Waals surface area (Å²) in [6.45, 7) is 8.56. The van der Waals surface area contributed by atoms with E-state index >= 15 is 0 Å². The van der Waals surface area contributed by atoms with Gasteiger partial charge in [0.2, 0.25) is 5.91 Å². The van der Waals surface area contributed by atoms with Crippen molar-refractivity contribution in [3.63, 3.8) is 0 Å². The van der Waals surface area contributed by atoms with Gasteiger partial charge in [-0.05, 0) is 43.9 Å². The molecule has 1 N–H and O–H groups in total. The number of hydrogen-bond donors (Lipinski definition) is 1. The molecule has 1 atom stereocenters. The number of carbonyl (C=O) groups excluding carboxylic acids is 1. The first-order valence-electron chi connectivity index (χ1n) is 9.98. The van der Waals surface area contributed by atoms with Gasteiger partial charge in [0.05, 0.1) is 6.54 Å². The van der Waals surface area contributed by atoms with E-state index in [1.165, 1.54) is 16.8 Å². The van der Waals surface area contributed by atoms with Crippen LogP contribution in [-0.4, -0.2) is 49.6 Å². The molecular weight excluding hydrogens is 334 g/mol. The van der Waals surface area contributed by atoms with E-state index in [0.29, 0.717) is 6.54 Å². The molecule has 1 fully saturated rings. The number of rotatable bonds is 7. The lowest BCUT2D eigenvalue weighted by Crippen LogP contribution is -2.50. The highest BCUT2D eigenvalue weighted by molar-refractivity contribution is 5.78. The summed E-state index contributed by atoms with van der Waals surface area (Å²) in [7, 11) is 0. The first-order valence-corrected chi connectivity index (χ1v) is 9.98. The number of aryl methyl sites for hydroxylation is 2. The average molecular weight is 366 g/mol. The number of hydrogen-bond acceptors (Lipinski definition) is 3. The van der Waals surface area contributed by atoms with Crippen molar-refractivity contribution in [2.75, 3.05) is 37.6 Å².